The highest BCUT2D eigenvalue weighted by molar-refractivity contribution is 5.97. The first-order valence-electron chi connectivity index (χ1n) is 7.34. The van der Waals surface area contributed by atoms with Gasteiger partial charge >= 0.3 is 5.97 Å². The second-order valence-corrected chi connectivity index (χ2v) is 6.22. The predicted molar refractivity (Wildman–Crippen MR) is 81.6 cm³/mol. The van der Waals surface area contributed by atoms with Crippen molar-refractivity contribution in [3.8, 4) is 0 Å². The topological polar surface area (TPSA) is 75.4 Å². The van der Waals surface area contributed by atoms with Crippen LogP contribution < -0.4 is 0 Å². The molecule has 1 amide bonds. The fraction of sp³-hybridized carbons (Fsp3) is 0.438. The van der Waals surface area contributed by atoms with E-state index in [0.717, 1.165) is 11.0 Å². The van der Waals surface area contributed by atoms with E-state index in [-0.39, 0.29) is 5.91 Å². The first-order chi connectivity index (χ1) is 10.4. The normalized spacial score (nSPS) is 17.6. The van der Waals surface area contributed by atoms with Gasteiger partial charge in [-0.2, -0.15) is 0 Å². The number of hydrogen-bond donors (Lipinski definition) is 1. The third kappa shape index (κ3) is 2.34. The average Bonchev–Trinajstić information content (AvgIpc) is 2.88. The molecule has 1 saturated heterocycles. The van der Waals surface area contributed by atoms with Gasteiger partial charge in [0.1, 0.15) is 0 Å². The summed E-state index contributed by atoms with van der Waals surface area (Å²) in [7, 11) is 1.91. The Morgan fingerprint density at radius 3 is 2.59 bits per heavy atom. The molecule has 6 heteroatoms. The van der Waals surface area contributed by atoms with Crippen LogP contribution in [-0.2, 0) is 11.8 Å². The number of aromatic nitrogens is 2. The van der Waals surface area contributed by atoms with Crippen LogP contribution in [0.3, 0.4) is 0 Å². The van der Waals surface area contributed by atoms with E-state index >= 15 is 0 Å². The number of hydrogen-bond acceptors (Lipinski definition) is 3. The molecule has 0 atom stereocenters. The van der Waals surface area contributed by atoms with Crippen molar-refractivity contribution in [2.24, 2.45) is 12.5 Å². The summed E-state index contributed by atoms with van der Waals surface area (Å²) in [6.45, 7) is 2.70. The molecule has 1 aromatic carbocycles. The number of piperidine rings is 1. The first kappa shape index (κ1) is 14.6. The molecule has 0 spiro atoms. The van der Waals surface area contributed by atoms with Crippen LogP contribution in [-0.4, -0.2) is 44.5 Å². The van der Waals surface area contributed by atoms with Crippen molar-refractivity contribution in [1.82, 2.24) is 14.5 Å². The molecule has 1 N–H and O–H groups in total. The molecule has 6 nitrogen and oxygen atoms in total. The average molecular weight is 301 g/mol. The lowest BCUT2D eigenvalue weighted by atomic mass is 9.80. The van der Waals surface area contributed by atoms with Gasteiger partial charge in [-0.25, -0.2) is 4.98 Å². The van der Waals surface area contributed by atoms with Gasteiger partial charge in [-0.1, -0.05) is 0 Å². The zero-order valence-electron chi connectivity index (χ0n) is 12.7. The van der Waals surface area contributed by atoms with Crippen LogP contribution in [0.2, 0.25) is 0 Å². The van der Waals surface area contributed by atoms with E-state index in [9.17, 15) is 14.7 Å². The van der Waals surface area contributed by atoms with E-state index in [4.69, 9.17) is 0 Å². The Bertz CT molecular complexity index is 742. The minimum atomic E-state index is -0.783. The van der Waals surface area contributed by atoms with Crippen molar-refractivity contribution in [3.63, 3.8) is 0 Å². The molecule has 116 valence electrons. The van der Waals surface area contributed by atoms with Gasteiger partial charge in [0.05, 0.1) is 22.8 Å². The van der Waals surface area contributed by atoms with Gasteiger partial charge in [-0.3, -0.25) is 9.59 Å². The third-order valence-electron chi connectivity index (χ3n) is 4.64. The van der Waals surface area contributed by atoms with E-state index in [1.54, 1.807) is 30.3 Å². The van der Waals surface area contributed by atoms with Gasteiger partial charge in [0, 0.05) is 25.7 Å². The molecular formula is C16H19N3O3. The molecule has 0 saturated carbocycles. The fourth-order valence-corrected chi connectivity index (χ4v) is 2.87. The van der Waals surface area contributed by atoms with Crippen LogP contribution in [0.5, 0.6) is 0 Å². The zero-order valence-corrected chi connectivity index (χ0v) is 12.7. The van der Waals surface area contributed by atoms with E-state index < -0.39 is 11.4 Å². The maximum absolute atomic E-state index is 12.6. The number of carbonyl (C=O) groups is 2. The van der Waals surface area contributed by atoms with Crippen LogP contribution in [0, 0.1) is 5.41 Å². The van der Waals surface area contributed by atoms with Crippen LogP contribution in [0.1, 0.15) is 30.1 Å². The minimum absolute atomic E-state index is 0.0556. The Labute approximate surface area is 128 Å². The van der Waals surface area contributed by atoms with Gasteiger partial charge < -0.3 is 14.6 Å². The lowest BCUT2D eigenvalue weighted by Gasteiger charge is -2.36. The van der Waals surface area contributed by atoms with Gasteiger partial charge in [-0.05, 0) is 38.0 Å². The lowest BCUT2D eigenvalue weighted by Crippen LogP contribution is -2.45. The second kappa shape index (κ2) is 5.12. The van der Waals surface area contributed by atoms with Crippen LogP contribution in [0.25, 0.3) is 11.0 Å². The summed E-state index contributed by atoms with van der Waals surface area (Å²) < 4.78 is 1.91. The Morgan fingerprint density at radius 1 is 1.27 bits per heavy atom. The van der Waals surface area contributed by atoms with E-state index in [2.05, 4.69) is 4.98 Å². The number of rotatable bonds is 2. The molecule has 2 heterocycles. The maximum atomic E-state index is 12.6. The third-order valence-corrected chi connectivity index (χ3v) is 4.64. The number of aryl methyl sites for hydroxylation is 1. The highest BCUT2D eigenvalue weighted by atomic mass is 16.4. The van der Waals surface area contributed by atoms with Gasteiger partial charge in [0.25, 0.3) is 5.91 Å². The molecule has 1 aliphatic heterocycles. The molecule has 0 aliphatic carbocycles. The standard InChI is InChI=1S/C16H19N3O3/c1-16(15(21)22)5-7-19(8-6-16)14(20)11-3-4-13-12(9-11)17-10-18(13)2/h3-4,9-10H,5-8H2,1-2H3,(H,21,22). The number of carboxylic acid groups (broad SMARTS) is 1. The number of aliphatic carboxylic acids is 1. The summed E-state index contributed by atoms with van der Waals surface area (Å²) in [6, 6.07) is 5.49. The molecular weight excluding hydrogens is 282 g/mol. The second-order valence-electron chi connectivity index (χ2n) is 6.22. The number of imidazole rings is 1. The Balaban J connectivity index is 1.77. The molecule has 1 fully saturated rings. The van der Waals surface area contributed by atoms with Crippen molar-refractivity contribution in [3.05, 3.63) is 30.1 Å². The summed E-state index contributed by atoms with van der Waals surface area (Å²) in [6.07, 6.45) is 2.69. The highest BCUT2D eigenvalue weighted by Gasteiger charge is 2.38. The lowest BCUT2D eigenvalue weighted by molar-refractivity contribution is -0.150. The quantitative estimate of drug-likeness (QED) is 0.919. The summed E-state index contributed by atoms with van der Waals surface area (Å²) in [4.78, 5) is 29.8. The number of carboxylic acids is 1. The summed E-state index contributed by atoms with van der Waals surface area (Å²) in [5, 5.41) is 9.25. The van der Waals surface area contributed by atoms with Gasteiger partial charge in [0.15, 0.2) is 0 Å². The van der Waals surface area contributed by atoms with Gasteiger partial charge in [0.2, 0.25) is 0 Å². The van der Waals surface area contributed by atoms with Crippen LogP contribution in [0.15, 0.2) is 24.5 Å². The van der Waals surface area contributed by atoms with Crippen molar-refractivity contribution in [2.45, 2.75) is 19.8 Å². The smallest absolute Gasteiger partial charge is 0.309 e. The highest BCUT2D eigenvalue weighted by Crippen LogP contribution is 2.31. The SMILES string of the molecule is Cn1cnc2cc(C(=O)N3CCC(C)(C(=O)O)CC3)ccc21. The summed E-state index contributed by atoms with van der Waals surface area (Å²) in [5.41, 5.74) is 1.65. The largest absolute Gasteiger partial charge is 0.481 e. The summed E-state index contributed by atoms with van der Waals surface area (Å²) in [5.74, 6) is -0.838. The van der Waals surface area contributed by atoms with Crippen molar-refractivity contribution in [2.75, 3.05) is 13.1 Å². The Morgan fingerprint density at radius 2 is 1.95 bits per heavy atom. The van der Waals surface area contributed by atoms with Crippen LogP contribution >= 0.6 is 0 Å². The Kier molecular flexibility index (Phi) is 3.39. The zero-order chi connectivity index (χ0) is 15.9. The number of likely N-dealkylation sites (tertiary alicyclic amines) is 1. The summed E-state index contributed by atoms with van der Waals surface area (Å²) >= 11 is 0. The number of carbonyl (C=O) groups excluding carboxylic acids is 1. The molecule has 1 aliphatic rings. The number of amides is 1. The van der Waals surface area contributed by atoms with Crippen molar-refractivity contribution < 1.29 is 14.7 Å². The number of benzene rings is 1. The molecule has 1 aromatic heterocycles. The minimum Gasteiger partial charge on any atom is -0.481 e. The Hall–Kier alpha value is -2.37. The molecule has 0 bridgehead atoms. The van der Waals surface area contributed by atoms with Crippen molar-refractivity contribution >= 4 is 22.9 Å². The van der Waals surface area contributed by atoms with Gasteiger partial charge in [-0.15, -0.1) is 0 Å². The van der Waals surface area contributed by atoms with E-state index in [1.165, 1.54) is 0 Å². The number of fused-ring (bicyclic) bond motifs is 1. The molecule has 0 radical (unpaired) electrons. The molecule has 3 rings (SSSR count). The van der Waals surface area contributed by atoms with E-state index in [0.29, 0.717) is 31.5 Å². The molecule has 0 unspecified atom stereocenters. The molecule has 2 aromatic rings. The number of nitrogens with zero attached hydrogens (tertiary/aromatic N) is 3. The predicted octanol–water partition coefficient (Wildman–Crippen LogP) is 1.90. The monoisotopic (exact) mass is 301 g/mol. The maximum Gasteiger partial charge on any atom is 0.309 e. The van der Waals surface area contributed by atoms with Crippen LogP contribution in [0.4, 0.5) is 0 Å². The fourth-order valence-electron chi connectivity index (χ4n) is 2.87. The molecule has 22 heavy (non-hydrogen) atoms. The van der Waals surface area contributed by atoms with E-state index in [1.807, 2.05) is 17.7 Å². The van der Waals surface area contributed by atoms with Crippen molar-refractivity contribution in [1.29, 1.82) is 0 Å². The first-order valence-corrected chi connectivity index (χ1v) is 7.34.